The number of nitrogens with zero attached hydrogens (tertiary/aromatic N) is 3. The van der Waals surface area contributed by atoms with Crippen LogP contribution in [0.2, 0.25) is 0 Å². The van der Waals surface area contributed by atoms with Crippen molar-refractivity contribution in [2.45, 2.75) is 32.5 Å². The van der Waals surface area contributed by atoms with Gasteiger partial charge in [-0.15, -0.1) is 0 Å². The average molecular weight is 277 g/mol. The second-order valence-corrected chi connectivity index (χ2v) is 6.01. The molecule has 3 saturated heterocycles. The maximum Gasteiger partial charge on any atom is 0.251 e. The van der Waals surface area contributed by atoms with Crippen molar-refractivity contribution in [2.75, 3.05) is 32.7 Å². The number of fused-ring (bicyclic) bond motifs is 3. The Morgan fingerprint density at radius 1 is 1.40 bits per heavy atom. The summed E-state index contributed by atoms with van der Waals surface area (Å²) in [5.74, 6) is 0.822. The number of rotatable bonds is 4. The van der Waals surface area contributed by atoms with Gasteiger partial charge in [0.05, 0.1) is 11.7 Å². The number of nitrogens with one attached hydrogen (secondary N) is 2. The van der Waals surface area contributed by atoms with Crippen molar-refractivity contribution in [3.8, 4) is 0 Å². The topological polar surface area (TPSA) is 64.3 Å². The summed E-state index contributed by atoms with van der Waals surface area (Å²) in [4.78, 5) is 24.3. The third-order valence-corrected chi connectivity index (χ3v) is 4.10. The summed E-state index contributed by atoms with van der Waals surface area (Å²) in [5, 5.41) is 3.31. The minimum absolute atomic E-state index is 0.0480. The van der Waals surface area contributed by atoms with Gasteiger partial charge < -0.3 is 10.3 Å². The summed E-state index contributed by atoms with van der Waals surface area (Å²) in [7, 11) is 0. The Hall–Kier alpha value is -1.24. The molecule has 0 radical (unpaired) electrons. The third-order valence-electron chi connectivity index (χ3n) is 4.10. The number of piperazine rings is 3. The van der Waals surface area contributed by atoms with Gasteiger partial charge in [-0.25, -0.2) is 4.98 Å². The molecule has 1 aromatic heterocycles. The lowest BCUT2D eigenvalue weighted by atomic mass is 10.1. The molecule has 3 aliphatic heterocycles. The molecule has 0 amide bonds. The highest BCUT2D eigenvalue weighted by Crippen LogP contribution is 2.25. The monoisotopic (exact) mass is 277 g/mol. The van der Waals surface area contributed by atoms with Crippen LogP contribution in [0.3, 0.4) is 0 Å². The van der Waals surface area contributed by atoms with Crippen molar-refractivity contribution in [1.82, 2.24) is 25.1 Å². The predicted molar refractivity (Wildman–Crippen MR) is 77.6 cm³/mol. The lowest BCUT2D eigenvalue weighted by Crippen LogP contribution is -2.57. The number of hydrogen-bond acceptors (Lipinski definition) is 5. The molecule has 0 spiro atoms. The first-order valence-electron chi connectivity index (χ1n) is 7.42. The first-order chi connectivity index (χ1) is 9.61. The van der Waals surface area contributed by atoms with Crippen LogP contribution in [0.4, 0.5) is 0 Å². The van der Waals surface area contributed by atoms with Crippen molar-refractivity contribution in [3.05, 3.63) is 27.9 Å². The second kappa shape index (κ2) is 5.63. The zero-order chi connectivity index (χ0) is 14.1. The van der Waals surface area contributed by atoms with E-state index in [1.807, 2.05) is 0 Å². The van der Waals surface area contributed by atoms with E-state index in [0.717, 1.165) is 44.2 Å². The minimum Gasteiger partial charge on any atom is -0.309 e. The summed E-state index contributed by atoms with van der Waals surface area (Å²) in [6.45, 7) is 10.2. The number of hydrogen-bond donors (Lipinski definition) is 2. The molecule has 0 aromatic carbocycles. The van der Waals surface area contributed by atoms with E-state index in [9.17, 15) is 4.79 Å². The smallest absolute Gasteiger partial charge is 0.251 e. The van der Waals surface area contributed by atoms with Gasteiger partial charge in [-0.1, -0.05) is 13.8 Å². The van der Waals surface area contributed by atoms with E-state index in [0.29, 0.717) is 12.6 Å². The fraction of sp³-hybridized carbons (Fsp3) is 0.714. The van der Waals surface area contributed by atoms with E-state index >= 15 is 0 Å². The molecule has 110 valence electrons. The standard InChI is InChI=1S/C14H23N5O/c1-10(2)15-8-11-7-13(20)17-14(16-11)12-9-18-3-5-19(12)6-4-18/h7,10,12,15H,3-6,8-9H2,1-2H3,(H,16,17,20). The number of aromatic nitrogens is 2. The van der Waals surface area contributed by atoms with Crippen molar-refractivity contribution < 1.29 is 0 Å². The highest BCUT2D eigenvalue weighted by molar-refractivity contribution is 5.08. The number of aromatic amines is 1. The van der Waals surface area contributed by atoms with E-state index in [2.05, 4.69) is 38.9 Å². The van der Waals surface area contributed by atoms with Crippen LogP contribution in [0.5, 0.6) is 0 Å². The predicted octanol–water partition coefficient (Wildman–Crippen LogP) is -0.0598. The van der Waals surface area contributed by atoms with Crippen LogP contribution < -0.4 is 10.9 Å². The second-order valence-electron chi connectivity index (χ2n) is 6.01. The average Bonchev–Trinajstić information content (AvgIpc) is 2.46. The summed E-state index contributed by atoms with van der Waals surface area (Å²) in [6.07, 6.45) is 0. The zero-order valence-corrected chi connectivity index (χ0v) is 12.2. The van der Waals surface area contributed by atoms with Gasteiger partial charge in [0.15, 0.2) is 0 Å². The van der Waals surface area contributed by atoms with E-state index in [-0.39, 0.29) is 11.6 Å². The quantitative estimate of drug-likeness (QED) is 0.807. The van der Waals surface area contributed by atoms with Crippen LogP contribution >= 0.6 is 0 Å². The molecule has 2 bridgehead atoms. The highest BCUT2D eigenvalue weighted by atomic mass is 16.1. The Balaban J connectivity index is 1.80. The van der Waals surface area contributed by atoms with Gasteiger partial charge in [0.2, 0.25) is 0 Å². The third kappa shape index (κ3) is 2.92. The Labute approximate surface area is 119 Å². The maximum atomic E-state index is 11.8. The normalized spacial score (nSPS) is 29.1. The van der Waals surface area contributed by atoms with Crippen molar-refractivity contribution in [3.63, 3.8) is 0 Å². The summed E-state index contributed by atoms with van der Waals surface area (Å²) in [5.41, 5.74) is 0.781. The molecule has 1 unspecified atom stereocenters. The molecule has 3 fully saturated rings. The number of H-pyrrole nitrogens is 1. The Morgan fingerprint density at radius 3 is 2.75 bits per heavy atom. The van der Waals surface area contributed by atoms with Crippen molar-refractivity contribution >= 4 is 0 Å². The van der Waals surface area contributed by atoms with Gasteiger partial charge in [0.1, 0.15) is 5.82 Å². The zero-order valence-electron chi connectivity index (χ0n) is 12.2. The first-order valence-corrected chi connectivity index (χ1v) is 7.42. The summed E-state index contributed by atoms with van der Waals surface area (Å²) < 4.78 is 0. The molecule has 6 nitrogen and oxygen atoms in total. The van der Waals surface area contributed by atoms with Gasteiger partial charge in [0.25, 0.3) is 5.56 Å². The molecule has 1 aromatic rings. The summed E-state index contributed by atoms with van der Waals surface area (Å²) in [6, 6.07) is 2.22. The van der Waals surface area contributed by atoms with Gasteiger partial charge in [-0.3, -0.25) is 14.6 Å². The van der Waals surface area contributed by atoms with Crippen LogP contribution in [0.15, 0.2) is 10.9 Å². The fourth-order valence-corrected chi connectivity index (χ4v) is 2.96. The molecular formula is C14H23N5O. The molecule has 4 heterocycles. The Morgan fingerprint density at radius 2 is 2.15 bits per heavy atom. The van der Waals surface area contributed by atoms with Gasteiger partial charge in [-0.05, 0) is 0 Å². The van der Waals surface area contributed by atoms with Crippen LogP contribution in [-0.4, -0.2) is 58.5 Å². The fourth-order valence-electron chi connectivity index (χ4n) is 2.96. The van der Waals surface area contributed by atoms with Gasteiger partial charge in [-0.2, -0.15) is 0 Å². The van der Waals surface area contributed by atoms with E-state index < -0.39 is 0 Å². The van der Waals surface area contributed by atoms with Gasteiger partial charge in [0, 0.05) is 51.4 Å². The van der Waals surface area contributed by atoms with E-state index in [1.165, 1.54) is 0 Å². The molecule has 0 saturated carbocycles. The minimum atomic E-state index is -0.0480. The van der Waals surface area contributed by atoms with Gasteiger partial charge >= 0.3 is 0 Å². The van der Waals surface area contributed by atoms with Crippen LogP contribution in [0, 0.1) is 0 Å². The van der Waals surface area contributed by atoms with Crippen molar-refractivity contribution in [2.24, 2.45) is 0 Å². The largest absolute Gasteiger partial charge is 0.309 e. The molecule has 4 rings (SSSR count). The highest BCUT2D eigenvalue weighted by Gasteiger charge is 2.34. The summed E-state index contributed by atoms with van der Waals surface area (Å²) >= 11 is 0. The molecule has 2 N–H and O–H groups in total. The molecular weight excluding hydrogens is 254 g/mol. The first kappa shape index (κ1) is 13.7. The molecule has 3 aliphatic rings. The van der Waals surface area contributed by atoms with Crippen LogP contribution in [-0.2, 0) is 6.54 Å². The Bertz CT molecular complexity index is 519. The molecule has 20 heavy (non-hydrogen) atoms. The molecule has 6 heteroatoms. The molecule has 0 aliphatic carbocycles. The molecule has 1 atom stereocenters. The van der Waals surface area contributed by atoms with Crippen LogP contribution in [0.1, 0.15) is 31.4 Å². The maximum absolute atomic E-state index is 11.8. The van der Waals surface area contributed by atoms with Crippen molar-refractivity contribution in [1.29, 1.82) is 0 Å². The van der Waals surface area contributed by atoms with E-state index in [1.54, 1.807) is 6.07 Å². The van der Waals surface area contributed by atoms with Crippen LogP contribution in [0.25, 0.3) is 0 Å². The van der Waals surface area contributed by atoms with E-state index in [4.69, 9.17) is 0 Å². The lowest BCUT2D eigenvalue weighted by Gasteiger charge is -2.46. The SMILES string of the molecule is CC(C)NCc1cc(=O)[nH]c(C2CN3CCN2CC3)n1. The lowest BCUT2D eigenvalue weighted by molar-refractivity contribution is 0.00845. The Kier molecular flexibility index (Phi) is 3.87.